The Hall–Kier alpha value is -0.910. The van der Waals surface area contributed by atoms with E-state index >= 15 is 0 Å². The van der Waals surface area contributed by atoms with E-state index in [9.17, 15) is 9.59 Å². The van der Waals surface area contributed by atoms with Gasteiger partial charge in [0.25, 0.3) is 0 Å². The molecule has 0 aromatic rings. The summed E-state index contributed by atoms with van der Waals surface area (Å²) in [5, 5.41) is 5.69. The zero-order chi connectivity index (χ0) is 22.2. The highest BCUT2D eigenvalue weighted by atomic mass is 32.2. The number of carbonyl (C=O) groups excluding carboxylic acids is 2. The number of hydrogen-bond acceptors (Lipinski definition) is 3. The van der Waals surface area contributed by atoms with Crippen LogP contribution in [0, 0.1) is 11.8 Å². The van der Waals surface area contributed by atoms with E-state index in [-0.39, 0.29) is 6.03 Å². The van der Waals surface area contributed by atoms with Gasteiger partial charge < -0.3 is 15.5 Å². The molecule has 0 aromatic heterocycles. The van der Waals surface area contributed by atoms with Gasteiger partial charge in [0.05, 0.1) is 12.1 Å². The minimum Gasteiger partial charge on any atom is -0.343 e. The third-order valence-corrected chi connectivity index (χ3v) is 6.57. The average molecular weight is 430 g/mol. The van der Waals surface area contributed by atoms with E-state index in [1.54, 1.807) is 0 Å². The van der Waals surface area contributed by atoms with E-state index in [4.69, 9.17) is 0 Å². The highest BCUT2D eigenvalue weighted by Crippen LogP contribution is 2.20. The molecule has 3 unspecified atom stereocenters. The van der Waals surface area contributed by atoms with Crippen molar-refractivity contribution in [3.05, 3.63) is 0 Å². The van der Waals surface area contributed by atoms with E-state index in [0.717, 1.165) is 62.6 Å². The van der Waals surface area contributed by atoms with E-state index in [1.165, 1.54) is 6.42 Å². The SMILES string of the molecule is CC.CCCCC(=O)N(CCC(C)C)CCC(C)CC.O=C1NC2CSCC2N1. The summed E-state index contributed by atoms with van der Waals surface area (Å²) in [7, 11) is 0. The van der Waals surface area contributed by atoms with Gasteiger partial charge in [-0.25, -0.2) is 4.79 Å². The maximum Gasteiger partial charge on any atom is 0.315 e. The Kier molecular flexibility index (Phi) is 16.3. The first-order chi connectivity index (χ1) is 13.9. The molecule has 2 saturated heterocycles. The quantitative estimate of drug-likeness (QED) is 0.463. The minimum absolute atomic E-state index is 0.00491. The first-order valence-corrected chi connectivity index (χ1v) is 12.9. The molecule has 3 amide bonds. The number of thioether (sulfide) groups is 1. The molecule has 5 nitrogen and oxygen atoms in total. The number of carbonyl (C=O) groups is 2. The summed E-state index contributed by atoms with van der Waals surface area (Å²) >= 11 is 1.89. The molecule has 3 atom stereocenters. The molecular weight excluding hydrogens is 382 g/mol. The Labute approximate surface area is 184 Å². The van der Waals surface area contributed by atoms with Gasteiger partial charge in [-0.05, 0) is 31.1 Å². The van der Waals surface area contributed by atoms with Gasteiger partial charge in [-0.3, -0.25) is 4.79 Å². The third-order valence-electron chi connectivity index (χ3n) is 5.38. The molecule has 0 saturated carbocycles. The summed E-state index contributed by atoms with van der Waals surface area (Å²) in [5.74, 6) is 3.91. The number of rotatable bonds is 10. The maximum atomic E-state index is 12.1. The molecule has 6 heteroatoms. The van der Waals surface area contributed by atoms with Gasteiger partial charge >= 0.3 is 6.03 Å². The van der Waals surface area contributed by atoms with Crippen LogP contribution in [0.4, 0.5) is 4.79 Å². The van der Waals surface area contributed by atoms with Crippen LogP contribution in [0.15, 0.2) is 0 Å². The van der Waals surface area contributed by atoms with Gasteiger partial charge in [-0.15, -0.1) is 0 Å². The van der Waals surface area contributed by atoms with Crippen molar-refractivity contribution in [2.75, 3.05) is 24.6 Å². The number of fused-ring (bicyclic) bond motifs is 1. The number of amides is 3. The Morgan fingerprint density at radius 3 is 2.10 bits per heavy atom. The zero-order valence-electron chi connectivity index (χ0n) is 20.1. The van der Waals surface area contributed by atoms with Crippen LogP contribution in [-0.4, -0.2) is 53.5 Å². The molecule has 2 aliphatic rings. The fourth-order valence-corrected chi connectivity index (χ4v) is 4.33. The van der Waals surface area contributed by atoms with Crippen LogP contribution < -0.4 is 10.6 Å². The first kappa shape index (κ1) is 28.1. The van der Waals surface area contributed by atoms with E-state index in [0.29, 0.717) is 23.9 Å². The van der Waals surface area contributed by atoms with Crippen molar-refractivity contribution < 1.29 is 9.59 Å². The van der Waals surface area contributed by atoms with Crippen LogP contribution in [-0.2, 0) is 4.79 Å². The Balaban J connectivity index is 0.000000583. The van der Waals surface area contributed by atoms with Crippen molar-refractivity contribution in [2.24, 2.45) is 11.8 Å². The molecule has 0 aromatic carbocycles. The van der Waals surface area contributed by atoms with Gasteiger partial charge in [0, 0.05) is 31.0 Å². The van der Waals surface area contributed by atoms with Crippen molar-refractivity contribution in [1.29, 1.82) is 0 Å². The molecule has 2 N–H and O–H groups in total. The summed E-state index contributed by atoms with van der Waals surface area (Å²) < 4.78 is 0. The van der Waals surface area contributed by atoms with Crippen molar-refractivity contribution >= 4 is 23.7 Å². The second-order valence-corrected chi connectivity index (χ2v) is 9.41. The highest BCUT2D eigenvalue weighted by molar-refractivity contribution is 7.99. The molecule has 0 aliphatic carbocycles. The van der Waals surface area contributed by atoms with E-state index in [1.807, 2.05) is 25.6 Å². The minimum atomic E-state index is 0.00491. The van der Waals surface area contributed by atoms with E-state index < -0.39 is 0 Å². The van der Waals surface area contributed by atoms with Gasteiger partial charge in [0.1, 0.15) is 0 Å². The largest absolute Gasteiger partial charge is 0.343 e. The van der Waals surface area contributed by atoms with Crippen molar-refractivity contribution in [3.63, 3.8) is 0 Å². The monoisotopic (exact) mass is 429 g/mol. The van der Waals surface area contributed by atoms with Crippen molar-refractivity contribution in [2.45, 2.75) is 99.1 Å². The predicted octanol–water partition coefficient (Wildman–Crippen LogP) is 5.30. The Morgan fingerprint density at radius 2 is 1.62 bits per heavy atom. The second-order valence-electron chi connectivity index (χ2n) is 8.34. The van der Waals surface area contributed by atoms with Crippen LogP contribution in [0.5, 0.6) is 0 Å². The van der Waals surface area contributed by atoms with Crippen molar-refractivity contribution in [3.8, 4) is 0 Å². The third kappa shape index (κ3) is 12.4. The lowest BCUT2D eigenvalue weighted by molar-refractivity contribution is -0.131. The lowest BCUT2D eigenvalue weighted by Gasteiger charge is -2.25. The van der Waals surface area contributed by atoms with Crippen LogP contribution in [0.25, 0.3) is 0 Å². The fourth-order valence-electron chi connectivity index (χ4n) is 3.06. The molecule has 0 spiro atoms. The molecule has 2 aliphatic heterocycles. The number of nitrogens with zero attached hydrogens (tertiary/aromatic N) is 1. The molecule has 29 heavy (non-hydrogen) atoms. The number of urea groups is 1. The summed E-state index contributed by atoms with van der Waals surface area (Å²) in [5.41, 5.74) is 0. The van der Waals surface area contributed by atoms with Gasteiger partial charge in [-0.2, -0.15) is 11.8 Å². The van der Waals surface area contributed by atoms with Gasteiger partial charge in [0.15, 0.2) is 0 Å². The summed E-state index contributed by atoms with van der Waals surface area (Å²) in [6.45, 7) is 17.0. The van der Waals surface area contributed by atoms with Crippen LogP contribution in [0.1, 0.15) is 87.0 Å². The zero-order valence-corrected chi connectivity index (χ0v) is 20.9. The van der Waals surface area contributed by atoms with Gasteiger partial charge in [-0.1, -0.05) is 61.3 Å². The second kappa shape index (κ2) is 16.8. The Morgan fingerprint density at radius 1 is 1.07 bits per heavy atom. The molecule has 2 fully saturated rings. The number of hydrogen-bond donors (Lipinski definition) is 2. The molecular formula is C23H47N3O2S. The van der Waals surface area contributed by atoms with Gasteiger partial charge in [0.2, 0.25) is 5.91 Å². The van der Waals surface area contributed by atoms with Crippen molar-refractivity contribution in [1.82, 2.24) is 15.5 Å². The van der Waals surface area contributed by atoms with Crippen LogP contribution in [0.2, 0.25) is 0 Å². The predicted molar refractivity (Wildman–Crippen MR) is 128 cm³/mol. The summed E-state index contributed by atoms with van der Waals surface area (Å²) in [6.07, 6.45) is 6.34. The number of nitrogens with one attached hydrogen (secondary N) is 2. The molecule has 172 valence electrons. The summed E-state index contributed by atoms with van der Waals surface area (Å²) in [6, 6.07) is 0.815. The summed E-state index contributed by atoms with van der Waals surface area (Å²) in [4.78, 5) is 24.9. The molecule has 0 radical (unpaired) electrons. The van der Waals surface area contributed by atoms with Crippen LogP contribution in [0.3, 0.4) is 0 Å². The van der Waals surface area contributed by atoms with E-state index in [2.05, 4.69) is 50.2 Å². The normalized spacial score (nSPS) is 20.5. The highest BCUT2D eigenvalue weighted by Gasteiger charge is 2.35. The average Bonchev–Trinajstić information content (AvgIpc) is 3.28. The standard InChI is InChI=1S/C16H33NO.C5H8N2OS.C2H6/c1-6-8-9-16(18)17(12-10-14(3)4)13-11-15(5)7-2;8-5-6-3-1-9-2-4(3)7-5;1-2/h14-15H,6-13H2,1-5H3;3-4H,1-2H2,(H2,6,7,8);1-2H3. The Bertz CT molecular complexity index is 432. The first-order valence-electron chi connectivity index (χ1n) is 11.8. The molecule has 0 bridgehead atoms. The maximum absolute atomic E-state index is 12.1. The fraction of sp³-hybridized carbons (Fsp3) is 0.913. The molecule has 2 rings (SSSR count). The topological polar surface area (TPSA) is 61.4 Å². The number of unbranched alkanes of at least 4 members (excludes halogenated alkanes) is 1. The lowest BCUT2D eigenvalue weighted by Crippen LogP contribution is -2.34. The lowest BCUT2D eigenvalue weighted by atomic mass is 10.0. The van der Waals surface area contributed by atoms with Crippen LogP contribution >= 0.6 is 11.8 Å². The smallest absolute Gasteiger partial charge is 0.315 e. The molecule has 2 heterocycles.